The second-order valence-electron chi connectivity index (χ2n) is 10.4. The van der Waals surface area contributed by atoms with Crippen molar-refractivity contribution in [3.05, 3.63) is 29.8 Å². The zero-order valence-electron chi connectivity index (χ0n) is 23.0. The molecule has 208 valence electrons. The third-order valence-corrected chi connectivity index (χ3v) is 6.78. The van der Waals surface area contributed by atoms with Gasteiger partial charge >= 0.3 is 31.0 Å². The zero-order chi connectivity index (χ0) is 28.4. The minimum atomic E-state index is -1.23. The molecule has 0 spiro atoms. The standard InChI is InChI=1S/C26H35BO11/c1-14(28)32-13-20-22(33-15(2)29)24(35-17(4)31)23(34-16(3)30)21(36-20)18-9-11-19(12-10-18)27-37-25(5,6)26(7,8)38-27/h9-12,20-24H,13H2,1-8H3/t20-,21+,22-,23+,24+/m1/s1. The Balaban J connectivity index is 1.98. The summed E-state index contributed by atoms with van der Waals surface area (Å²) < 4.78 is 40.0. The second kappa shape index (κ2) is 11.4. The smallest absolute Gasteiger partial charge is 0.463 e. The van der Waals surface area contributed by atoms with Gasteiger partial charge < -0.3 is 33.0 Å². The second-order valence-corrected chi connectivity index (χ2v) is 10.4. The van der Waals surface area contributed by atoms with E-state index >= 15 is 0 Å². The highest BCUT2D eigenvalue weighted by Crippen LogP contribution is 2.39. The lowest BCUT2D eigenvalue weighted by Crippen LogP contribution is -2.59. The zero-order valence-corrected chi connectivity index (χ0v) is 23.0. The molecule has 0 saturated carbocycles. The fraction of sp³-hybridized carbons (Fsp3) is 0.615. The van der Waals surface area contributed by atoms with Gasteiger partial charge in [0.1, 0.15) is 18.8 Å². The van der Waals surface area contributed by atoms with Crippen LogP contribution in [0.2, 0.25) is 0 Å². The molecule has 2 aliphatic rings. The number of esters is 4. The fourth-order valence-electron chi connectivity index (χ4n) is 4.32. The summed E-state index contributed by atoms with van der Waals surface area (Å²) in [5.74, 6) is -2.61. The van der Waals surface area contributed by atoms with E-state index < -0.39 is 72.7 Å². The molecular weight excluding hydrogens is 499 g/mol. The Morgan fingerprint density at radius 1 is 0.737 bits per heavy atom. The molecule has 38 heavy (non-hydrogen) atoms. The minimum absolute atomic E-state index is 0.291. The number of hydrogen-bond acceptors (Lipinski definition) is 11. The molecule has 0 radical (unpaired) electrons. The van der Waals surface area contributed by atoms with Gasteiger partial charge in [0.25, 0.3) is 0 Å². The summed E-state index contributed by atoms with van der Waals surface area (Å²) in [5.41, 5.74) is 0.299. The van der Waals surface area contributed by atoms with Gasteiger partial charge in [-0.3, -0.25) is 19.2 Å². The summed E-state index contributed by atoms with van der Waals surface area (Å²) in [7, 11) is -0.593. The SMILES string of the molecule is CC(=O)OC[C@H]1O[C@@H](c2ccc(B3OC(C)(C)C(C)(C)O3)cc2)[C@H](OC(C)=O)[C@@H](OC(C)=O)[C@@H]1OC(C)=O. The summed E-state index contributed by atoms with van der Waals surface area (Å²) in [6.07, 6.45) is -5.59. The van der Waals surface area contributed by atoms with E-state index in [-0.39, 0.29) is 6.61 Å². The Bertz CT molecular complexity index is 1040. The molecule has 5 atom stereocenters. The number of carbonyl (C=O) groups is 4. The molecule has 2 heterocycles. The third kappa shape index (κ3) is 6.72. The van der Waals surface area contributed by atoms with Gasteiger partial charge in [0.2, 0.25) is 0 Å². The Morgan fingerprint density at radius 2 is 1.21 bits per heavy atom. The lowest BCUT2D eigenvalue weighted by Gasteiger charge is -2.44. The monoisotopic (exact) mass is 534 g/mol. The average molecular weight is 534 g/mol. The van der Waals surface area contributed by atoms with Crippen LogP contribution in [0, 0.1) is 0 Å². The van der Waals surface area contributed by atoms with Crippen molar-refractivity contribution in [2.45, 2.75) is 97.1 Å². The van der Waals surface area contributed by atoms with Gasteiger partial charge in [-0.2, -0.15) is 0 Å². The van der Waals surface area contributed by atoms with E-state index in [4.69, 9.17) is 33.0 Å². The normalized spacial score (nSPS) is 27.8. The quantitative estimate of drug-likeness (QED) is 0.288. The van der Waals surface area contributed by atoms with Gasteiger partial charge in [0.05, 0.1) is 11.2 Å². The van der Waals surface area contributed by atoms with Crippen LogP contribution in [0.25, 0.3) is 0 Å². The van der Waals surface area contributed by atoms with Crippen LogP contribution in [0.4, 0.5) is 0 Å². The molecule has 0 N–H and O–H groups in total. The number of ether oxygens (including phenoxy) is 5. The molecular formula is C26H35BO11. The maximum atomic E-state index is 12.1. The molecule has 0 unspecified atom stereocenters. The average Bonchev–Trinajstić information content (AvgIpc) is 3.01. The van der Waals surface area contributed by atoms with Crippen molar-refractivity contribution in [1.82, 2.24) is 0 Å². The van der Waals surface area contributed by atoms with E-state index in [0.717, 1.165) is 5.46 Å². The Morgan fingerprint density at radius 3 is 1.68 bits per heavy atom. The lowest BCUT2D eigenvalue weighted by molar-refractivity contribution is -0.254. The van der Waals surface area contributed by atoms with Crippen LogP contribution in [0.15, 0.2) is 24.3 Å². The Hall–Kier alpha value is -2.96. The van der Waals surface area contributed by atoms with Crippen LogP contribution >= 0.6 is 0 Å². The molecule has 0 bridgehead atoms. The van der Waals surface area contributed by atoms with Crippen molar-refractivity contribution in [2.75, 3.05) is 6.61 Å². The van der Waals surface area contributed by atoms with Crippen molar-refractivity contribution in [2.24, 2.45) is 0 Å². The molecule has 11 nitrogen and oxygen atoms in total. The lowest BCUT2D eigenvalue weighted by atomic mass is 9.78. The van der Waals surface area contributed by atoms with E-state index in [9.17, 15) is 19.2 Å². The predicted octanol–water partition coefficient (Wildman–Crippen LogP) is 1.78. The predicted molar refractivity (Wildman–Crippen MR) is 133 cm³/mol. The largest absolute Gasteiger partial charge is 0.494 e. The first-order valence-corrected chi connectivity index (χ1v) is 12.4. The number of carbonyl (C=O) groups excluding carboxylic acids is 4. The van der Waals surface area contributed by atoms with Crippen molar-refractivity contribution in [3.63, 3.8) is 0 Å². The van der Waals surface area contributed by atoms with E-state index in [1.807, 2.05) is 27.7 Å². The van der Waals surface area contributed by atoms with Gasteiger partial charge in [-0.15, -0.1) is 0 Å². The summed E-state index contributed by atoms with van der Waals surface area (Å²) in [5, 5.41) is 0. The molecule has 0 amide bonds. The van der Waals surface area contributed by atoms with Crippen molar-refractivity contribution < 1.29 is 52.2 Å². The van der Waals surface area contributed by atoms with E-state index in [0.29, 0.717) is 5.56 Å². The summed E-state index contributed by atoms with van der Waals surface area (Å²) in [6, 6.07) is 7.10. The summed E-state index contributed by atoms with van der Waals surface area (Å²) in [4.78, 5) is 47.5. The highest BCUT2D eigenvalue weighted by Gasteiger charge is 2.53. The van der Waals surface area contributed by atoms with Crippen molar-refractivity contribution in [3.8, 4) is 0 Å². The fourth-order valence-corrected chi connectivity index (χ4v) is 4.32. The van der Waals surface area contributed by atoms with E-state index in [1.165, 1.54) is 27.7 Å². The molecule has 2 fully saturated rings. The first-order chi connectivity index (χ1) is 17.6. The number of rotatable bonds is 7. The molecule has 12 heteroatoms. The maximum absolute atomic E-state index is 12.1. The van der Waals surface area contributed by atoms with Gasteiger partial charge in [-0.1, -0.05) is 24.3 Å². The third-order valence-electron chi connectivity index (χ3n) is 6.78. The Kier molecular flexibility index (Phi) is 8.90. The maximum Gasteiger partial charge on any atom is 0.494 e. The topological polar surface area (TPSA) is 133 Å². The van der Waals surface area contributed by atoms with Crippen LogP contribution in [-0.2, 0) is 52.2 Å². The molecule has 3 rings (SSSR count). The molecule has 1 aromatic rings. The molecule has 2 aliphatic heterocycles. The molecule has 0 aliphatic carbocycles. The molecule has 2 saturated heterocycles. The van der Waals surface area contributed by atoms with E-state index in [1.54, 1.807) is 24.3 Å². The van der Waals surface area contributed by atoms with E-state index in [2.05, 4.69) is 0 Å². The molecule has 1 aromatic carbocycles. The van der Waals surface area contributed by atoms with Crippen LogP contribution < -0.4 is 5.46 Å². The number of benzene rings is 1. The minimum Gasteiger partial charge on any atom is -0.463 e. The number of hydrogen-bond donors (Lipinski definition) is 0. The van der Waals surface area contributed by atoms with Crippen LogP contribution in [0.3, 0.4) is 0 Å². The highest BCUT2D eigenvalue weighted by molar-refractivity contribution is 6.62. The van der Waals surface area contributed by atoms with Crippen LogP contribution in [-0.4, -0.2) is 73.2 Å². The van der Waals surface area contributed by atoms with Gasteiger partial charge in [0.15, 0.2) is 18.3 Å². The van der Waals surface area contributed by atoms with Crippen molar-refractivity contribution >= 4 is 36.5 Å². The van der Waals surface area contributed by atoms with Crippen LogP contribution in [0.1, 0.15) is 67.1 Å². The van der Waals surface area contributed by atoms with Gasteiger partial charge in [0, 0.05) is 27.7 Å². The van der Waals surface area contributed by atoms with Crippen molar-refractivity contribution in [1.29, 1.82) is 0 Å². The molecule has 0 aromatic heterocycles. The van der Waals surface area contributed by atoms with Gasteiger partial charge in [-0.25, -0.2) is 0 Å². The first-order valence-electron chi connectivity index (χ1n) is 12.4. The highest BCUT2D eigenvalue weighted by atomic mass is 16.7. The summed E-state index contributed by atoms with van der Waals surface area (Å²) >= 11 is 0. The first kappa shape index (κ1) is 29.6. The Labute approximate surface area is 222 Å². The van der Waals surface area contributed by atoms with Crippen LogP contribution in [0.5, 0.6) is 0 Å². The van der Waals surface area contributed by atoms with Gasteiger partial charge in [-0.05, 0) is 38.7 Å². The summed E-state index contributed by atoms with van der Waals surface area (Å²) in [6.45, 7) is 12.3.